The highest BCUT2D eigenvalue weighted by Crippen LogP contribution is 2.43. The molecular formula is C21H18O. The van der Waals surface area contributed by atoms with Crippen molar-refractivity contribution in [3.63, 3.8) is 0 Å². The Hall–Kier alpha value is -2.54. The summed E-state index contributed by atoms with van der Waals surface area (Å²) in [5.41, 5.74) is 3.88. The number of ether oxygens (including phenoxy) is 1. The van der Waals surface area contributed by atoms with Gasteiger partial charge in [0.15, 0.2) is 0 Å². The van der Waals surface area contributed by atoms with Crippen molar-refractivity contribution in [3.05, 3.63) is 102 Å². The maximum Gasteiger partial charge on any atom is 0.131 e. The summed E-state index contributed by atoms with van der Waals surface area (Å²) >= 11 is 0. The van der Waals surface area contributed by atoms with E-state index >= 15 is 0 Å². The molecule has 0 amide bonds. The Bertz CT molecular complexity index is 683. The third kappa shape index (κ3) is 2.39. The molecule has 4 rings (SSSR count). The van der Waals surface area contributed by atoms with E-state index in [9.17, 15) is 0 Å². The van der Waals surface area contributed by atoms with Crippen molar-refractivity contribution in [1.82, 2.24) is 0 Å². The Morgan fingerprint density at radius 3 is 1.95 bits per heavy atom. The first kappa shape index (κ1) is 13.1. The Labute approximate surface area is 131 Å². The zero-order valence-corrected chi connectivity index (χ0v) is 12.4. The summed E-state index contributed by atoms with van der Waals surface area (Å²) in [5.74, 6) is 1.36. The van der Waals surface area contributed by atoms with Crippen LogP contribution in [-0.4, -0.2) is 0 Å². The number of benzene rings is 3. The van der Waals surface area contributed by atoms with E-state index in [1.807, 2.05) is 6.07 Å². The largest absolute Gasteiger partial charge is 0.485 e. The molecule has 22 heavy (non-hydrogen) atoms. The summed E-state index contributed by atoms with van der Waals surface area (Å²) in [7, 11) is 0. The molecule has 0 aliphatic carbocycles. The summed E-state index contributed by atoms with van der Waals surface area (Å²) in [6, 6.07) is 29.6. The maximum atomic E-state index is 6.39. The highest BCUT2D eigenvalue weighted by atomic mass is 16.5. The number of fused-ring (bicyclic) bond motifs is 1. The molecule has 0 spiro atoms. The van der Waals surface area contributed by atoms with E-state index in [2.05, 4.69) is 78.9 Å². The van der Waals surface area contributed by atoms with E-state index in [1.54, 1.807) is 0 Å². The first-order valence-electron chi connectivity index (χ1n) is 7.76. The molecule has 0 fully saturated rings. The molecule has 1 nitrogen and oxygen atoms in total. The standard InChI is InChI=1S/C21H18O/c1-3-9-16(10-4-1)19-15-18-13-7-8-14-20(18)22-21(19)17-11-5-2-6-12-17/h1-14,19,21H,15H2. The molecule has 1 heteroatoms. The quantitative estimate of drug-likeness (QED) is 0.633. The van der Waals surface area contributed by atoms with Crippen LogP contribution in [0.2, 0.25) is 0 Å². The fourth-order valence-corrected chi connectivity index (χ4v) is 3.29. The van der Waals surface area contributed by atoms with E-state index in [0.717, 1.165) is 12.2 Å². The molecule has 2 atom stereocenters. The molecule has 0 aromatic heterocycles. The number of hydrogen-bond acceptors (Lipinski definition) is 1. The summed E-state index contributed by atoms with van der Waals surface area (Å²) in [4.78, 5) is 0. The lowest BCUT2D eigenvalue weighted by molar-refractivity contribution is 0.151. The summed E-state index contributed by atoms with van der Waals surface area (Å²) in [6.45, 7) is 0. The van der Waals surface area contributed by atoms with E-state index < -0.39 is 0 Å². The molecule has 1 aliphatic heterocycles. The van der Waals surface area contributed by atoms with Crippen molar-refractivity contribution in [2.45, 2.75) is 18.4 Å². The van der Waals surface area contributed by atoms with Crippen LogP contribution in [0.5, 0.6) is 5.75 Å². The monoisotopic (exact) mass is 286 g/mol. The second-order valence-corrected chi connectivity index (χ2v) is 5.78. The minimum absolute atomic E-state index is 0.0681. The topological polar surface area (TPSA) is 9.23 Å². The molecule has 0 saturated heterocycles. The van der Waals surface area contributed by atoms with Crippen LogP contribution in [-0.2, 0) is 6.42 Å². The van der Waals surface area contributed by atoms with Gasteiger partial charge in [-0.05, 0) is 29.2 Å². The molecule has 0 bridgehead atoms. The Kier molecular flexibility index (Phi) is 3.40. The number of hydrogen-bond donors (Lipinski definition) is 0. The molecule has 2 unspecified atom stereocenters. The van der Waals surface area contributed by atoms with Crippen LogP contribution >= 0.6 is 0 Å². The summed E-state index contributed by atoms with van der Waals surface area (Å²) in [5, 5.41) is 0. The lowest BCUT2D eigenvalue weighted by atomic mass is 9.82. The fourth-order valence-electron chi connectivity index (χ4n) is 3.29. The number of rotatable bonds is 2. The van der Waals surface area contributed by atoms with Gasteiger partial charge in [0.25, 0.3) is 0 Å². The predicted octanol–water partition coefficient (Wildman–Crippen LogP) is 5.15. The van der Waals surface area contributed by atoms with Crippen LogP contribution in [0.25, 0.3) is 0 Å². The van der Waals surface area contributed by atoms with Gasteiger partial charge < -0.3 is 4.74 Å². The lowest BCUT2D eigenvalue weighted by Gasteiger charge is -2.34. The van der Waals surface area contributed by atoms with Crippen LogP contribution in [0.15, 0.2) is 84.9 Å². The SMILES string of the molecule is c1ccc(C2Cc3ccccc3OC2c2ccccc2)cc1. The average Bonchev–Trinajstić information content (AvgIpc) is 2.62. The van der Waals surface area contributed by atoms with E-state index in [1.165, 1.54) is 16.7 Å². The van der Waals surface area contributed by atoms with Gasteiger partial charge in [0.2, 0.25) is 0 Å². The van der Waals surface area contributed by atoms with Gasteiger partial charge in [0, 0.05) is 5.92 Å². The normalized spacial score (nSPS) is 20.0. The molecule has 3 aromatic rings. The van der Waals surface area contributed by atoms with Gasteiger partial charge in [-0.15, -0.1) is 0 Å². The van der Waals surface area contributed by atoms with E-state index in [4.69, 9.17) is 4.74 Å². The molecule has 0 radical (unpaired) electrons. The van der Waals surface area contributed by atoms with Gasteiger partial charge in [-0.25, -0.2) is 0 Å². The van der Waals surface area contributed by atoms with Gasteiger partial charge >= 0.3 is 0 Å². The minimum Gasteiger partial charge on any atom is -0.485 e. The Morgan fingerprint density at radius 2 is 1.23 bits per heavy atom. The molecule has 108 valence electrons. The zero-order chi connectivity index (χ0) is 14.8. The van der Waals surface area contributed by atoms with Gasteiger partial charge in [0.05, 0.1) is 0 Å². The van der Waals surface area contributed by atoms with Crippen molar-refractivity contribution in [2.75, 3.05) is 0 Å². The summed E-state index contributed by atoms with van der Waals surface area (Å²) < 4.78 is 6.39. The lowest BCUT2D eigenvalue weighted by Crippen LogP contribution is -2.24. The molecular weight excluding hydrogens is 268 g/mol. The molecule has 0 N–H and O–H groups in total. The Morgan fingerprint density at radius 1 is 0.636 bits per heavy atom. The van der Waals surface area contributed by atoms with Crippen LogP contribution in [0.1, 0.15) is 28.7 Å². The molecule has 0 saturated carbocycles. The third-order valence-corrected chi connectivity index (χ3v) is 4.39. The second-order valence-electron chi connectivity index (χ2n) is 5.78. The zero-order valence-electron chi connectivity index (χ0n) is 12.4. The first-order chi connectivity index (χ1) is 10.9. The molecule has 3 aromatic carbocycles. The molecule has 1 aliphatic rings. The van der Waals surface area contributed by atoms with Crippen molar-refractivity contribution in [1.29, 1.82) is 0 Å². The van der Waals surface area contributed by atoms with E-state index in [0.29, 0.717) is 5.92 Å². The van der Waals surface area contributed by atoms with Crippen molar-refractivity contribution < 1.29 is 4.74 Å². The van der Waals surface area contributed by atoms with Crippen LogP contribution in [0, 0.1) is 0 Å². The number of para-hydroxylation sites is 1. The van der Waals surface area contributed by atoms with E-state index in [-0.39, 0.29) is 6.10 Å². The summed E-state index contributed by atoms with van der Waals surface area (Å²) in [6.07, 6.45) is 1.08. The third-order valence-electron chi connectivity index (χ3n) is 4.39. The van der Waals surface area contributed by atoms with Gasteiger partial charge in [0.1, 0.15) is 11.9 Å². The Balaban J connectivity index is 1.79. The van der Waals surface area contributed by atoms with Gasteiger partial charge in [-0.2, -0.15) is 0 Å². The predicted molar refractivity (Wildman–Crippen MR) is 89.1 cm³/mol. The van der Waals surface area contributed by atoms with Gasteiger partial charge in [-0.1, -0.05) is 78.9 Å². The van der Waals surface area contributed by atoms with Crippen LogP contribution < -0.4 is 4.74 Å². The van der Waals surface area contributed by atoms with Crippen LogP contribution in [0.3, 0.4) is 0 Å². The van der Waals surface area contributed by atoms with Crippen molar-refractivity contribution >= 4 is 0 Å². The highest BCUT2D eigenvalue weighted by molar-refractivity contribution is 5.41. The van der Waals surface area contributed by atoms with Crippen molar-refractivity contribution in [3.8, 4) is 5.75 Å². The van der Waals surface area contributed by atoms with Crippen molar-refractivity contribution in [2.24, 2.45) is 0 Å². The fraction of sp³-hybridized carbons (Fsp3) is 0.143. The average molecular weight is 286 g/mol. The molecule has 1 heterocycles. The minimum atomic E-state index is 0.0681. The smallest absolute Gasteiger partial charge is 0.131 e. The highest BCUT2D eigenvalue weighted by Gasteiger charge is 2.32. The van der Waals surface area contributed by atoms with Gasteiger partial charge in [-0.3, -0.25) is 0 Å². The van der Waals surface area contributed by atoms with Crippen LogP contribution in [0.4, 0.5) is 0 Å². The second kappa shape index (κ2) is 5.69. The maximum absolute atomic E-state index is 6.39. The first-order valence-corrected chi connectivity index (χ1v) is 7.76.